The fraction of sp³-hybridized carbons (Fsp3) is 0.688. The second-order valence-corrected chi connectivity index (χ2v) is 12.7. The highest BCUT2D eigenvalue weighted by Gasteiger charge is 2.61. The third-order valence-electron chi connectivity index (χ3n) is 11.1. The minimum Gasteiger partial charge on any atom is -0.462 e. The van der Waals surface area contributed by atoms with Gasteiger partial charge in [-0.1, -0.05) is 25.7 Å². The molecule has 0 radical (unpaired) electrons. The number of hydrogen-bond acceptors (Lipinski definition) is 5. The minimum absolute atomic E-state index is 0.0204. The van der Waals surface area contributed by atoms with Gasteiger partial charge in [0.15, 0.2) is 5.78 Å². The quantitative estimate of drug-likeness (QED) is 0.435. The summed E-state index contributed by atoms with van der Waals surface area (Å²) in [7, 11) is 0. The van der Waals surface area contributed by atoms with Gasteiger partial charge in [-0.15, -0.1) is 0 Å². The summed E-state index contributed by atoms with van der Waals surface area (Å²) in [6.07, 6.45) is 8.93. The van der Waals surface area contributed by atoms with E-state index in [-0.39, 0.29) is 35.1 Å². The smallest absolute Gasteiger partial charge is 0.338 e. The van der Waals surface area contributed by atoms with Crippen molar-refractivity contribution in [3.05, 3.63) is 35.4 Å². The number of carbonyl (C=O) groups is 2. The molecule has 0 aromatic heterocycles. The first kappa shape index (κ1) is 26.4. The van der Waals surface area contributed by atoms with E-state index in [2.05, 4.69) is 25.7 Å². The topological polar surface area (TPSA) is 83.8 Å². The van der Waals surface area contributed by atoms with Gasteiger partial charge in [-0.25, -0.2) is 4.79 Å². The molecule has 4 saturated carbocycles. The number of benzene rings is 1. The van der Waals surface area contributed by atoms with Crippen molar-refractivity contribution in [2.45, 2.75) is 84.2 Å². The largest absolute Gasteiger partial charge is 0.462 e. The molecule has 1 aromatic carbocycles. The zero-order chi connectivity index (χ0) is 26.4. The van der Waals surface area contributed by atoms with Crippen molar-refractivity contribution < 1.29 is 24.5 Å². The molecule has 8 atom stereocenters. The van der Waals surface area contributed by atoms with Crippen LogP contribution in [0, 0.1) is 52.3 Å². The average molecular weight is 507 g/mol. The molecule has 2 unspecified atom stereocenters. The van der Waals surface area contributed by atoms with E-state index in [9.17, 15) is 19.8 Å². The van der Waals surface area contributed by atoms with Crippen molar-refractivity contribution in [2.75, 3.05) is 13.2 Å². The maximum absolute atomic E-state index is 12.5. The van der Waals surface area contributed by atoms with E-state index in [1.807, 2.05) is 12.1 Å². The van der Waals surface area contributed by atoms with Crippen LogP contribution in [0.15, 0.2) is 24.3 Å². The standard InChI is InChI=1S/C32H42O5/c1-4-37-29(35)22-7-5-21(6-8-22)13-16-32(36)18-17-30(2)23(19-32)9-10-24-25-11-12-27(28(34)20-33)31(25,3)15-14-26(24)30/h5-8,23-27,33,36H,4,9-12,14-15,17-20H2,1-3H3/t23?,24-,25-,26-,27+,30-,31-,32?/m0/s1. The molecule has 4 aliphatic rings. The zero-order valence-corrected chi connectivity index (χ0v) is 22.6. The molecule has 0 amide bonds. The number of aliphatic hydroxyl groups excluding tert-OH is 1. The van der Waals surface area contributed by atoms with Gasteiger partial charge in [0.1, 0.15) is 12.2 Å². The molecule has 200 valence electrons. The molecule has 4 aliphatic carbocycles. The summed E-state index contributed by atoms with van der Waals surface area (Å²) < 4.78 is 5.05. The van der Waals surface area contributed by atoms with Crippen molar-refractivity contribution in [1.82, 2.24) is 0 Å². The van der Waals surface area contributed by atoms with Crippen LogP contribution in [0.2, 0.25) is 0 Å². The fourth-order valence-corrected chi connectivity index (χ4v) is 9.09. The molecular formula is C32H42O5. The van der Waals surface area contributed by atoms with Gasteiger partial charge in [-0.05, 0) is 123 Å². The number of rotatable bonds is 4. The Kier molecular flexibility index (Phi) is 7.05. The Morgan fingerprint density at radius 3 is 2.41 bits per heavy atom. The monoisotopic (exact) mass is 506 g/mol. The van der Waals surface area contributed by atoms with Crippen molar-refractivity contribution in [3.8, 4) is 11.8 Å². The van der Waals surface area contributed by atoms with Crippen LogP contribution in [-0.4, -0.2) is 40.8 Å². The lowest BCUT2D eigenvalue weighted by Gasteiger charge is -2.61. The number of hydrogen-bond donors (Lipinski definition) is 2. The van der Waals surface area contributed by atoms with Crippen molar-refractivity contribution in [1.29, 1.82) is 0 Å². The average Bonchev–Trinajstić information content (AvgIpc) is 3.25. The maximum Gasteiger partial charge on any atom is 0.338 e. The molecule has 2 N–H and O–H groups in total. The number of carbonyl (C=O) groups excluding carboxylic acids is 2. The van der Waals surface area contributed by atoms with Crippen LogP contribution in [0.1, 0.15) is 94.5 Å². The van der Waals surface area contributed by atoms with Crippen LogP contribution in [0.4, 0.5) is 0 Å². The summed E-state index contributed by atoms with van der Waals surface area (Å²) in [5.74, 6) is 8.41. The van der Waals surface area contributed by atoms with Gasteiger partial charge in [-0.2, -0.15) is 0 Å². The fourth-order valence-electron chi connectivity index (χ4n) is 9.09. The summed E-state index contributed by atoms with van der Waals surface area (Å²) in [5.41, 5.74) is 0.561. The Hall–Kier alpha value is -2.16. The van der Waals surface area contributed by atoms with Gasteiger partial charge in [0, 0.05) is 11.5 Å². The molecule has 0 heterocycles. The Balaban J connectivity index is 1.28. The third-order valence-corrected chi connectivity index (χ3v) is 11.1. The van der Waals surface area contributed by atoms with Crippen LogP contribution in [0.25, 0.3) is 0 Å². The summed E-state index contributed by atoms with van der Waals surface area (Å²) in [6.45, 7) is 6.59. The molecule has 5 heteroatoms. The van der Waals surface area contributed by atoms with Crippen molar-refractivity contribution >= 4 is 11.8 Å². The number of ether oxygens (including phenoxy) is 1. The van der Waals surface area contributed by atoms with Gasteiger partial charge in [0.25, 0.3) is 0 Å². The van der Waals surface area contributed by atoms with Crippen LogP contribution < -0.4 is 0 Å². The Labute approximate surface area is 221 Å². The molecule has 1 aromatic rings. The number of ketones is 1. The predicted octanol–water partition coefficient (Wildman–Crippen LogP) is 5.17. The number of esters is 1. The van der Waals surface area contributed by atoms with Gasteiger partial charge >= 0.3 is 5.97 Å². The number of fused-ring (bicyclic) bond motifs is 5. The van der Waals surface area contributed by atoms with E-state index in [0.717, 1.165) is 44.1 Å². The minimum atomic E-state index is -0.980. The van der Waals surface area contributed by atoms with Gasteiger partial charge in [0.05, 0.1) is 12.2 Å². The zero-order valence-electron chi connectivity index (χ0n) is 22.6. The van der Waals surface area contributed by atoms with E-state index in [1.54, 1.807) is 19.1 Å². The van der Waals surface area contributed by atoms with E-state index in [0.29, 0.717) is 48.7 Å². The lowest BCUT2D eigenvalue weighted by Crippen LogP contribution is -2.56. The summed E-state index contributed by atoms with van der Waals surface area (Å²) in [6, 6.07) is 7.08. The second kappa shape index (κ2) is 9.86. The highest BCUT2D eigenvalue weighted by molar-refractivity contribution is 5.89. The van der Waals surface area contributed by atoms with Crippen molar-refractivity contribution in [3.63, 3.8) is 0 Å². The molecule has 0 bridgehead atoms. The van der Waals surface area contributed by atoms with Crippen LogP contribution in [0.3, 0.4) is 0 Å². The molecule has 0 spiro atoms. The van der Waals surface area contributed by atoms with Crippen molar-refractivity contribution in [2.24, 2.45) is 40.4 Å². The highest BCUT2D eigenvalue weighted by Crippen LogP contribution is 2.68. The first-order chi connectivity index (χ1) is 17.6. The summed E-state index contributed by atoms with van der Waals surface area (Å²) in [5, 5.41) is 21.0. The Morgan fingerprint density at radius 2 is 1.70 bits per heavy atom. The summed E-state index contributed by atoms with van der Waals surface area (Å²) in [4.78, 5) is 24.4. The molecule has 0 saturated heterocycles. The van der Waals surface area contributed by atoms with E-state index < -0.39 is 5.60 Å². The Bertz CT molecular complexity index is 1100. The highest BCUT2D eigenvalue weighted by atomic mass is 16.5. The molecule has 0 aliphatic heterocycles. The summed E-state index contributed by atoms with van der Waals surface area (Å²) >= 11 is 0. The third kappa shape index (κ3) is 4.55. The van der Waals surface area contributed by atoms with Crippen LogP contribution in [-0.2, 0) is 9.53 Å². The van der Waals surface area contributed by atoms with E-state index in [4.69, 9.17) is 4.74 Å². The van der Waals surface area contributed by atoms with Crippen LogP contribution >= 0.6 is 0 Å². The molecule has 5 nitrogen and oxygen atoms in total. The first-order valence-corrected chi connectivity index (χ1v) is 14.3. The van der Waals surface area contributed by atoms with E-state index >= 15 is 0 Å². The first-order valence-electron chi connectivity index (χ1n) is 14.3. The lowest BCUT2D eigenvalue weighted by atomic mass is 9.44. The second-order valence-electron chi connectivity index (χ2n) is 12.7. The molecule has 5 rings (SSSR count). The predicted molar refractivity (Wildman–Crippen MR) is 142 cm³/mol. The number of Topliss-reactive ketones (excluding diaryl/α,β-unsaturated/α-hetero) is 1. The van der Waals surface area contributed by atoms with Gasteiger partial charge < -0.3 is 14.9 Å². The van der Waals surface area contributed by atoms with Gasteiger partial charge in [0.2, 0.25) is 0 Å². The Morgan fingerprint density at radius 1 is 0.973 bits per heavy atom. The molecule has 4 fully saturated rings. The SMILES string of the molecule is CCOC(=O)c1ccc(C#CC2(O)CC[C@@]3(C)C(CC[C@H]4[C@@H]5CC[C@H](C(=O)CO)[C@@]5(C)CC[C@@H]43)C2)cc1. The normalized spacial score (nSPS) is 40.4. The van der Waals surface area contributed by atoms with E-state index in [1.165, 1.54) is 6.42 Å². The van der Waals surface area contributed by atoms with Crippen LogP contribution in [0.5, 0.6) is 0 Å². The molecular weight excluding hydrogens is 464 g/mol. The molecule has 37 heavy (non-hydrogen) atoms. The maximum atomic E-state index is 12.5. The lowest BCUT2D eigenvalue weighted by molar-refractivity contribution is -0.146. The number of aliphatic hydroxyl groups is 2. The van der Waals surface area contributed by atoms with Gasteiger partial charge in [-0.3, -0.25) is 4.79 Å².